The Bertz CT molecular complexity index is 756. The molecule has 0 unspecified atom stereocenters. The van der Waals surface area contributed by atoms with Gasteiger partial charge in [-0.05, 0) is 31.0 Å². The van der Waals surface area contributed by atoms with E-state index >= 15 is 0 Å². The lowest BCUT2D eigenvalue weighted by atomic mass is 10.1. The number of nitrogens with two attached hydrogens (primary N) is 1. The second-order valence-electron chi connectivity index (χ2n) is 5.29. The van der Waals surface area contributed by atoms with Gasteiger partial charge in [-0.1, -0.05) is 13.8 Å². The van der Waals surface area contributed by atoms with Crippen LogP contribution in [0, 0.1) is 0 Å². The number of anilines is 2. The molecule has 0 aliphatic carbocycles. The Morgan fingerprint density at radius 2 is 1.86 bits per heavy atom. The molecular formula is C16H21N5. The third-order valence-corrected chi connectivity index (χ3v) is 3.68. The fraction of sp³-hybridized carbons (Fsp3) is 0.375. The van der Waals surface area contributed by atoms with Gasteiger partial charge in [0.25, 0.3) is 0 Å². The SMILES string of the molecule is CCCN(CCC)c1nc(N)nc2ccc3[nH]ccc3c12. The fourth-order valence-electron chi connectivity index (χ4n) is 2.86. The minimum atomic E-state index is 0.338. The van der Waals surface area contributed by atoms with Gasteiger partial charge >= 0.3 is 0 Å². The van der Waals surface area contributed by atoms with E-state index in [9.17, 15) is 0 Å². The molecule has 0 radical (unpaired) electrons. The van der Waals surface area contributed by atoms with Gasteiger partial charge in [0, 0.05) is 30.2 Å². The molecule has 2 aromatic heterocycles. The van der Waals surface area contributed by atoms with Crippen LogP contribution in [0.5, 0.6) is 0 Å². The van der Waals surface area contributed by atoms with Crippen LogP contribution >= 0.6 is 0 Å². The molecule has 2 heterocycles. The van der Waals surface area contributed by atoms with Gasteiger partial charge in [-0.2, -0.15) is 4.98 Å². The molecule has 3 rings (SSSR count). The van der Waals surface area contributed by atoms with Crippen LogP contribution in [-0.2, 0) is 0 Å². The van der Waals surface area contributed by atoms with Gasteiger partial charge in [-0.25, -0.2) is 4.98 Å². The zero-order valence-corrected chi connectivity index (χ0v) is 12.6. The van der Waals surface area contributed by atoms with E-state index in [1.807, 2.05) is 18.3 Å². The van der Waals surface area contributed by atoms with Crippen molar-refractivity contribution in [1.82, 2.24) is 15.0 Å². The van der Waals surface area contributed by atoms with Crippen LogP contribution in [-0.4, -0.2) is 28.0 Å². The third-order valence-electron chi connectivity index (χ3n) is 3.68. The number of aromatic nitrogens is 3. The summed E-state index contributed by atoms with van der Waals surface area (Å²) in [4.78, 5) is 14.5. The molecule has 1 aromatic carbocycles. The van der Waals surface area contributed by atoms with Crippen molar-refractivity contribution in [2.24, 2.45) is 0 Å². The van der Waals surface area contributed by atoms with Crippen LogP contribution in [0.4, 0.5) is 11.8 Å². The van der Waals surface area contributed by atoms with E-state index in [1.54, 1.807) is 0 Å². The van der Waals surface area contributed by atoms with Crippen LogP contribution in [0.2, 0.25) is 0 Å². The van der Waals surface area contributed by atoms with Gasteiger partial charge in [0.15, 0.2) is 0 Å². The van der Waals surface area contributed by atoms with E-state index in [1.165, 1.54) is 0 Å². The zero-order valence-electron chi connectivity index (χ0n) is 12.6. The minimum Gasteiger partial charge on any atom is -0.368 e. The van der Waals surface area contributed by atoms with Crippen molar-refractivity contribution in [1.29, 1.82) is 0 Å². The molecule has 5 heteroatoms. The van der Waals surface area contributed by atoms with Crippen molar-refractivity contribution in [3.05, 3.63) is 24.4 Å². The Hall–Kier alpha value is -2.30. The molecule has 0 saturated carbocycles. The Labute approximate surface area is 124 Å². The van der Waals surface area contributed by atoms with Crippen molar-refractivity contribution >= 4 is 33.6 Å². The normalized spacial score (nSPS) is 11.3. The van der Waals surface area contributed by atoms with Crippen LogP contribution < -0.4 is 10.6 Å². The van der Waals surface area contributed by atoms with Crippen molar-refractivity contribution in [2.45, 2.75) is 26.7 Å². The van der Waals surface area contributed by atoms with Gasteiger partial charge < -0.3 is 15.6 Å². The Morgan fingerprint density at radius 3 is 2.57 bits per heavy atom. The lowest BCUT2D eigenvalue weighted by Gasteiger charge is -2.24. The molecule has 0 amide bonds. The van der Waals surface area contributed by atoms with Crippen LogP contribution in [0.25, 0.3) is 21.8 Å². The molecule has 0 saturated heterocycles. The summed E-state index contributed by atoms with van der Waals surface area (Å²) in [6.45, 7) is 6.31. The number of benzene rings is 1. The third kappa shape index (κ3) is 2.39. The first-order valence-electron chi connectivity index (χ1n) is 7.52. The molecule has 21 heavy (non-hydrogen) atoms. The summed E-state index contributed by atoms with van der Waals surface area (Å²) in [5.74, 6) is 1.29. The lowest BCUT2D eigenvalue weighted by molar-refractivity contribution is 0.737. The Kier molecular flexibility index (Phi) is 3.64. The maximum Gasteiger partial charge on any atom is 0.222 e. The van der Waals surface area contributed by atoms with Crippen LogP contribution in [0.15, 0.2) is 24.4 Å². The number of hydrogen-bond acceptors (Lipinski definition) is 4. The largest absolute Gasteiger partial charge is 0.368 e. The standard InChI is InChI=1S/C16H21N5/c1-3-9-21(10-4-2)15-14-11-7-8-18-12(11)5-6-13(14)19-16(17)20-15/h5-8,18H,3-4,9-10H2,1-2H3,(H2,17,19,20). The summed E-state index contributed by atoms with van der Waals surface area (Å²) in [6.07, 6.45) is 4.11. The maximum atomic E-state index is 5.92. The first-order valence-corrected chi connectivity index (χ1v) is 7.52. The number of nitrogen functional groups attached to an aromatic ring is 1. The number of hydrogen-bond donors (Lipinski definition) is 2. The molecule has 110 valence electrons. The second kappa shape index (κ2) is 5.60. The highest BCUT2D eigenvalue weighted by atomic mass is 15.2. The first kappa shape index (κ1) is 13.7. The average molecular weight is 283 g/mol. The zero-order chi connectivity index (χ0) is 14.8. The molecular weight excluding hydrogens is 262 g/mol. The highest BCUT2D eigenvalue weighted by Gasteiger charge is 2.15. The van der Waals surface area contributed by atoms with E-state index in [0.717, 1.165) is 53.6 Å². The van der Waals surface area contributed by atoms with Gasteiger partial charge in [0.2, 0.25) is 5.95 Å². The first-order chi connectivity index (χ1) is 10.2. The van der Waals surface area contributed by atoms with Crippen molar-refractivity contribution < 1.29 is 0 Å². The lowest BCUT2D eigenvalue weighted by Crippen LogP contribution is -2.26. The van der Waals surface area contributed by atoms with Crippen molar-refractivity contribution in [3.8, 4) is 0 Å². The second-order valence-corrected chi connectivity index (χ2v) is 5.29. The van der Waals surface area contributed by atoms with Gasteiger partial charge in [0.1, 0.15) is 5.82 Å². The predicted molar refractivity (Wildman–Crippen MR) is 88.6 cm³/mol. The highest BCUT2D eigenvalue weighted by molar-refractivity contribution is 6.10. The summed E-state index contributed by atoms with van der Waals surface area (Å²) in [5, 5.41) is 2.24. The highest BCUT2D eigenvalue weighted by Crippen LogP contribution is 2.31. The summed E-state index contributed by atoms with van der Waals surface area (Å²) in [6, 6.07) is 6.13. The Balaban J connectivity index is 2.30. The average Bonchev–Trinajstić information content (AvgIpc) is 2.94. The predicted octanol–water partition coefficient (Wildman–Crippen LogP) is 3.32. The maximum absolute atomic E-state index is 5.92. The molecule has 0 spiro atoms. The number of aromatic amines is 1. The molecule has 0 aliphatic rings. The minimum absolute atomic E-state index is 0.338. The molecule has 3 N–H and O–H groups in total. The number of fused-ring (bicyclic) bond motifs is 3. The van der Waals surface area contributed by atoms with Gasteiger partial charge in [-0.3, -0.25) is 0 Å². The number of nitrogens with zero attached hydrogens (tertiary/aromatic N) is 3. The Morgan fingerprint density at radius 1 is 1.10 bits per heavy atom. The molecule has 3 aromatic rings. The quantitative estimate of drug-likeness (QED) is 0.753. The number of H-pyrrole nitrogens is 1. The van der Waals surface area contributed by atoms with Crippen LogP contribution in [0.1, 0.15) is 26.7 Å². The summed E-state index contributed by atoms with van der Waals surface area (Å²) >= 11 is 0. The smallest absolute Gasteiger partial charge is 0.222 e. The van der Waals surface area contributed by atoms with Crippen LogP contribution in [0.3, 0.4) is 0 Å². The number of rotatable bonds is 5. The van der Waals surface area contributed by atoms with E-state index in [2.05, 4.69) is 39.8 Å². The summed E-state index contributed by atoms with van der Waals surface area (Å²) in [5.41, 5.74) is 7.92. The van der Waals surface area contributed by atoms with Crippen molar-refractivity contribution in [2.75, 3.05) is 23.7 Å². The van der Waals surface area contributed by atoms with E-state index < -0.39 is 0 Å². The van der Waals surface area contributed by atoms with Crippen molar-refractivity contribution in [3.63, 3.8) is 0 Å². The topological polar surface area (TPSA) is 70.8 Å². The molecule has 0 aliphatic heterocycles. The fourth-order valence-corrected chi connectivity index (χ4v) is 2.86. The number of nitrogens with one attached hydrogen (secondary N) is 1. The summed E-state index contributed by atoms with van der Waals surface area (Å²) in [7, 11) is 0. The van der Waals surface area contributed by atoms with E-state index in [4.69, 9.17) is 5.73 Å². The molecule has 0 bridgehead atoms. The summed E-state index contributed by atoms with van der Waals surface area (Å²) < 4.78 is 0. The monoisotopic (exact) mass is 283 g/mol. The molecule has 0 atom stereocenters. The molecule has 5 nitrogen and oxygen atoms in total. The van der Waals surface area contributed by atoms with E-state index in [-0.39, 0.29) is 0 Å². The van der Waals surface area contributed by atoms with Gasteiger partial charge in [0.05, 0.1) is 10.9 Å². The van der Waals surface area contributed by atoms with Gasteiger partial charge in [-0.15, -0.1) is 0 Å². The van der Waals surface area contributed by atoms with E-state index in [0.29, 0.717) is 5.95 Å². The molecule has 0 fully saturated rings.